The first-order valence-electron chi connectivity index (χ1n) is 5.83. The molecule has 0 aromatic rings. The van der Waals surface area contributed by atoms with Crippen molar-refractivity contribution < 1.29 is 9.53 Å². The van der Waals surface area contributed by atoms with E-state index in [4.69, 9.17) is 4.74 Å². The highest BCUT2D eigenvalue weighted by Gasteiger charge is 2.47. The minimum atomic E-state index is -0.353. The van der Waals surface area contributed by atoms with Crippen LogP contribution in [-0.2, 0) is 9.53 Å². The highest BCUT2D eigenvalue weighted by atomic mass is 16.6. The van der Waals surface area contributed by atoms with Gasteiger partial charge >= 0.3 is 5.97 Å². The molecule has 3 heteroatoms. The lowest BCUT2D eigenvalue weighted by Gasteiger charge is -2.22. The van der Waals surface area contributed by atoms with Gasteiger partial charge in [0.05, 0.1) is 6.54 Å². The summed E-state index contributed by atoms with van der Waals surface area (Å²) in [6.45, 7) is 8.39. The lowest BCUT2D eigenvalue weighted by Crippen LogP contribution is -2.33. The van der Waals surface area contributed by atoms with Gasteiger partial charge in [-0.05, 0) is 52.0 Å². The Bertz CT molecular complexity index is 263. The van der Waals surface area contributed by atoms with Crippen molar-refractivity contribution in [3.05, 3.63) is 0 Å². The zero-order valence-electron chi connectivity index (χ0n) is 10.0. The van der Waals surface area contributed by atoms with Gasteiger partial charge in [0.25, 0.3) is 0 Å². The van der Waals surface area contributed by atoms with Gasteiger partial charge in [-0.3, -0.25) is 9.69 Å². The van der Waals surface area contributed by atoms with Gasteiger partial charge in [-0.2, -0.15) is 0 Å². The number of carbonyl (C=O) groups is 1. The summed E-state index contributed by atoms with van der Waals surface area (Å²) in [5, 5.41) is 0. The van der Waals surface area contributed by atoms with E-state index in [1.54, 1.807) is 0 Å². The minimum Gasteiger partial charge on any atom is -0.459 e. The van der Waals surface area contributed by atoms with Crippen molar-refractivity contribution in [1.82, 2.24) is 4.90 Å². The molecule has 86 valence electrons. The Balaban J connectivity index is 1.75. The molecule has 1 saturated heterocycles. The van der Waals surface area contributed by atoms with Gasteiger partial charge in [0.2, 0.25) is 0 Å². The van der Waals surface area contributed by atoms with E-state index in [2.05, 4.69) is 4.90 Å². The second-order valence-electron chi connectivity index (χ2n) is 6.05. The number of hydrogen-bond donors (Lipinski definition) is 0. The second-order valence-corrected chi connectivity index (χ2v) is 6.05. The average molecular weight is 211 g/mol. The van der Waals surface area contributed by atoms with Gasteiger partial charge in [-0.25, -0.2) is 0 Å². The molecule has 0 atom stereocenters. The summed E-state index contributed by atoms with van der Waals surface area (Å²) in [5.74, 6) is -0.0831. The van der Waals surface area contributed by atoms with Crippen LogP contribution < -0.4 is 0 Å². The fourth-order valence-corrected chi connectivity index (χ4v) is 2.30. The van der Waals surface area contributed by atoms with Crippen molar-refractivity contribution in [2.45, 2.75) is 45.6 Å². The van der Waals surface area contributed by atoms with E-state index in [0.717, 1.165) is 13.1 Å². The van der Waals surface area contributed by atoms with E-state index in [1.165, 1.54) is 19.3 Å². The molecular formula is C12H21NO2. The van der Waals surface area contributed by atoms with E-state index in [9.17, 15) is 4.79 Å². The third-order valence-corrected chi connectivity index (χ3v) is 3.25. The molecule has 1 spiro atoms. The summed E-state index contributed by atoms with van der Waals surface area (Å²) >= 11 is 0. The molecule has 1 aliphatic carbocycles. The highest BCUT2D eigenvalue weighted by Crippen LogP contribution is 2.52. The number of nitrogens with zero attached hydrogens (tertiary/aromatic N) is 1. The monoisotopic (exact) mass is 211 g/mol. The molecule has 0 unspecified atom stereocenters. The summed E-state index contributed by atoms with van der Waals surface area (Å²) in [6.07, 6.45) is 3.99. The maximum absolute atomic E-state index is 11.6. The maximum Gasteiger partial charge on any atom is 0.320 e. The third kappa shape index (κ3) is 2.94. The van der Waals surface area contributed by atoms with Gasteiger partial charge < -0.3 is 4.74 Å². The number of ether oxygens (including phenoxy) is 1. The summed E-state index contributed by atoms with van der Waals surface area (Å²) in [6, 6.07) is 0. The first-order chi connectivity index (χ1) is 6.89. The molecule has 1 saturated carbocycles. The van der Waals surface area contributed by atoms with Crippen molar-refractivity contribution in [2.24, 2.45) is 5.41 Å². The normalized spacial score (nSPS) is 24.5. The molecule has 2 aliphatic rings. The van der Waals surface area contributed by atoms with Gasteiger partial charge in [0, 0.05) is 6.54 Å². The molecule has 2 fully saturated rings. The second kappa shape index (κ2) is 3.48. The fraction of sp³-hybridized carbons (Fsp3) is 0.917. The molecule has 3 nitrogen and oxygen atoms in total. The number of likely N-dealkylation sites (tertiary alicyclic amines) is 1. The number of carbonyl (C=O) groups excluding carboxylic acids is 1. The lowest BCUT2D eigenvalue weighted by atomic mass is 10.1. The van der Waals surface area contributed by atoms with E-state index in [1.807, 2.05) is 20.8 Å². The predicted octanol–water partition coefficient (Wildman–Crippen LogP) is 1.81. The predicted molar refractivity (Wildman–Crippen MR) is 58.6 cm³/mol. The van der Waals surface area contributed by atoms with E-state index in [-0.39, 0.29) is 11.6 Å². The van der Waals surface area contributed by atoms with Crippen LogP contribution in [0.5, 0.6) is 0 Å². The maximum atomic E-state index is 11.6. The number of esters is 1. The first kappa shape index (κ1) is 10.9. The topological polar surface area (TPSA) is 29.5 Å². The molecule has 2 rings (SSSR count). The molecule has 0 N–H and O–H groups in total. The molecule has 0 aromatic heterocycles. The molecule has 0 radical (unpaired) electrons. The average Bonchev–Trinajstić information content (AvgIpc) is 2.65. The van der Waals surface area contributed by atoms with Crippen LogP contribution in [0, 0.1) is 5.41 Å². The largest absolute Gasteiger partial charge is 0.459 e. The summed E-state index contributed by atoms with van der Waals surface area (Å²) in [7, 11) is 0. The van der Waals surface area contributed by atoms with Crippen LogP contribution in [-0.4, -0.2) is 36.1 Å². The molecule has 0 bridgehead atoms. The Kier molecular flexibility index (Phi) is 2.53. The molecule has 0 aromatic carbocycles. The SMILES string of the molecule is CC(C)(C)OC(=O)CN1CCC2(CC2)C1. The molecular weight excluding hydrogens is 190 g/mol. The Morgan fingerprint density at radius 2 is 2.00 bits per heavy atom. The quantitative estimate of drug-likeness (QED) is 0.652. The molecule has 1 aliphatic heterocycles. The van der Waals surface area contributed by atoms with Gasteiger partial charge in [-0.15, -0.1) is 0 Å². The zero-order chi connectivity index (χ0) is 11.1. The molecule has 15 heavy (non-hydrogen) atoms. The van der Waals surface area contributed by atoms with E-state index in [0.29, 0.717) is 12.0 Å². The smallest absolute Gasteiger partial charge is 0.320 e. The third-order valence-electron chi connectivity index (χ3n) is 3.25. The summed E-state index contributed by atoms with van der Waals surface area (Å²) < 4.78 is 5.31. The molecule has 0 amide bonds. The number of rotatable bonds is 2. The Labute approximate surface area is 91.8 Å². The standard InChI is InChI=1S/C12H21NO2/c1-11(2,3)15-10(14)8-13-7-6-12(9-13)4-5-12/h4-9H2,1-3H3. The van der Waals surface area contributed by atoms with Crippen LogP contribution >= 0.6 is 0 Å². The van der Waals surface area contributed by atoms with Crippen LogP contribution in [0.25, 0.3) is 0 Å². The Morgan fingerprint density at radius 1 is 1.33 bits per heavy atom. The Morgan fingerprint density at radius 3 is 2.47 bits per heavy atom. The van der Waals surface area contributed by atoms with Crippen LogP contribution in [0.3, 0.4) is 0 Å². The van der Waals surface area contributed by atoms with Gasteiger partial charge in [0.15, 0.2) is 0 Å². The van der Waals surface area contributed by atoms with Crippen molar-refractivity contribution in [3.8, 4) is 0 Å². The van der Waals surface area contributed by atoms with Crippen LogP contribution in [0.2, 0.25) is 0 Å². The Hall–Kier alpha value is -0.570. The van der Waals surface area contributed by atoms with Crippen molar-refractivity contribution >= 4 is 5.97 Å². The summed E-state index contributed by atoms with van der Waals surface area (Å²) in [5.41, 5.74) is 0.246. The van der Waals surface area contributed by atoms with E-state index >= 15 is 0 Å². The van der Waals surface area contributed by atoms with Crippen LogP contribution in [0.4, 0.5) is 0 Å². The molecule has 1 heterocycles. The van der Waals surface area contributed by atoms with Gasteiger partial charge in [0.1, 0.15) is 5.60 Å². The number of hydrogen-bond acceptors (Lipinski definition) is 3. The lowest BCUT2D eigenvalue weighted by molar-refractivity contribution is -0.155. The fourth-order valence-electron chi connectivity index (χ4n) is 2.30. The first-order valence-corrected chi connectivity index (χ1v) is 5.83. The van der Waals surface area contributed by atoms with Gasteiger partial charge in [-0.1, -0.05) is 0 Å². The van der Waals surface area contributed by atoms with Crippen molar-refractivity contribution in [3.63, 3.8) is 0 Å². The van der Waals surface area contributed by atoms with Crippen LogP contribution in [0.1, 0.15) is 40.0 Å². The zero-order valence-corrected chi connectivity index (χ0v) is 10.0. The van der Waals surface area contributed by atoms with Crippen LogP contribution in [0.15, 0.2) is 0 Å². The van der Waals surface area contributed by atoms with Crippen molar-refractivity contribution in [1.29, 1.82) is 0 Å². The minimum absolute atomic E-state index is 0.0831. The summed E-state index contributed by atoms with van der Waals surface area (Å²) in [4.78, 5) is 13.8. The highest BCUT2D eigenvalue weighted by molar-refractivity contribution is 5.72. The van der Waals surface area contributed by atoms with E-state index < -0.39 is 0 Å². The van der Waals surface area contributed by atoms with Crippen molar-refractivity contribution in [2.75, 3.05) is 19.6 Å².